The van der Waals surface area contributed by atoms with Crippen molar-refractivity contribution in [3.8, 4) is 11.6 Å². The lowest BCUT2D eigenvalue weighted by Crippen LogP contribution is -2.37. The van der Waals surface area contributed by atoms with Crippen molar-refractivity contribution in [1.82, 2.24) is 20.3 Å². The fraction of sp³-hybridized carbons (Fsp3) is 0.440. The molecule has 2 aromatic rings. The number of amides is 4. The number of fused-ring (bicyclic) bond motifs is 2. The molecule has 0 saturated carbocycles. The molecule has 1 fully saturated rings. The van der Waals surface area contributed by atoms with Gasteiger partial charge in [-0.1, -0.05) is 0 Å². The lowest BCUT2D eigenvalue weighted by Gasteiger charge is -2.23. The number of carbonyl (C=O) groups excluding carboxylic acids is 3. The fourth-order valence-corrected chi connectivity index (χ4v) is 4.98. The molecule has 218 valence electrons. The molecule has 16 heteroatoms. The summed E-state index contributed by atoms with van der Waals surface area (Å²) in [6.07, 6.45) is -0.102. The highest BCUT2D eigenvalue weighted by atomic mass is 19.1. The van der Waals surface area contributed by atoms with E-state index in [1.54, 1.807) is 6.07 Å². The molecule has 1 saturated heterocycles. The number of ether oxygens (including phenoxy) is 3. The second kappa shape index (κ2) is 11.8. The van der Waals surface area contributed by atoms with Gasteiger partial charge in [0.1, 0.15) is 17.7 Å². The summed E-state index contributed by atoms with van der Waals surface area (Å²) in [5, 5.41) is 12.3. The first-order valence-corrected chi connectivity index (χ1v) is 12.7. The number of hydrogen-bond donors (Lipinski definition) is 3. The number of anilines is 2. The minimum Gasteiger partial charge on any atom is -0.484 e. The van der Waals surface area contributed by atoms with Gasteiger partial charge in [0, 0.05) is 25.6 Å². The molecule has 0 bridgehead atoms. The van der Waals surface area contributed by atoms with E-state index in [0.717, 1.165) is 0 Å². The Morgan fingerprint density at radius 1 is 1.32 bits per heavy atom. The molecule has 1 aliphatic carbocycles. The SMILES string of the molecule is CONC(=O)COc1cc(F)c2c(c1)CC(CN(CCC1CN(c3cnc4c(n3)NC(=O)CO4)C(=O)O1)C(=O)O)C2. The number of aromatic nitrogens is 2. The number of cyclic esters (lactones) is 1. The Bertz CT molecular complexity index is 1380. The topological polar surface area (TPSA) is 182 Å². The minimum atomic E-state index is -1.15. The first-order valence-electron chi connectivity index (χ1n) is 12.7. The van der Waals surface area contributed by atoms with E-state index in [9.17, 15) is 28.7 Å². The van der Waals surface area contributed by atoms with Crippen LogP contribution in [-0.2, 0) is 32.0 Å². The van der Waals surface area contributed by atoms with Crippen LogP contribution in [0.1, 0.15) is 17.5 Å². The summed E-state index contributed by atoms with van der Waals surface area (Å²) >= 11 is 0. The molecule has 3 heterocycles. The molecule has 2 aliphatic heterocycles. The summed E-state index contributed by atoms with van der Waals surface area (Å²) in [7, 11) is 1.28. The zero-order chi connectivity index (χ0) is 29.1. The predicted molar refractivity (Wildman–Crippen MR) is 136 cm³/mol. The lowest BCUT2D eigenvalue weighted by molar-refractivity contribution is -0.133. The number of benzene rings is 1. The van der Waals surface area contributed by atoms with Crippen molar-refractivity contribution in [2.45, 2.75) is 25.4 Å². The molecular formula is C25H27FN6O9. The Morgan fingerprint density at radius 2 is 2.15 bits per heavy atom. The van der Waals surface area contributed by atoms with Crippen LogP contribution in [0.25, 0.3) is 0 Å². The highest BCUT2D eigenvalue weighted by Gasteiger charge is 2.35. The monoisotopic (exact) mass is 574 g/mol. The number of hydrogen-bond acceptors (Lipinski definition) is 10. The van der Waals surface area contributed by atoms with Crippen molar-refractivity contribution in [2.24, 2.45) is 5.92 Å². The van der Waals surface area contributed by atoms with Gasteiger partial charge < -0.3 is 29.5 Å². The van der Waals surface area contributed by atoms with E-state index in [1.807, 2.05) is 0 Å². The number of nitrogens with zero attached hydrogens (tertiary/aromatic N) is 4. The molecule has 0 spiro atoms. The van der Waals surface area contributed by atoms with Crippen LogP contribution in [0, 0.1) is 11.7 Å². The lowest BCUT2D eigenvalue weighted by atomic mass is 10.1. The van der Waals surface area contributed by atoms with Crippen LogP contribution >= 0.6 is 0 Å². The summed E-state index contributed by atoms with van der Waals surface area (Å²) in [5.41, 5.74) is 3.28. The molecular weight excluding hydrogens is 547 g/mol. The molecule has 1 aromatic carbocycles. The van der Waals surface area contributed by atoms with Gasteiger partial charge in [0.25, 0.3) is 17.7 Å². The van der Waals surface area contributed by atoms with Gasteiger partial charge in [-0.15, -0.1) is 0 Å². The van der Waals surface area contributed by atoms with E-state index in [1.165, 1.54) is 29.2 Å². The Hall–Kier alpha value is -4.73. The predicted octanol–water partition coefficient (Wildman–Crippen LogP) is 1.11. The summed E-state index contributed by atoms with van der Waals surface area (Å²) in [4.78, 5) is 62.9. The number of hydroxylamine groups is 1. The summed E-state index contributed by atoms with van der Waals surface area (Å²) in [6, 6.07) is 2.85. The normalized spacial score (nSPS) is 19.0. The number of halogens is 1. The quantitative estimate of drug-likeness (QED) is 0.346. The third-order valence-electron chi connectivity index (χ3n) is 6.79. The summed E-state index contributed by atoms with van der Waals surface area (Å²) in [6.45, 7) is -0.188. The average Bonchev–Trinajstić information content (AvgIpc) is 3.52. The van der Waals surface area contributed by atoms with Crippen molar-refractivity contribution >= 4 is 35.6 Å². The van der Waals surface area contributed by atoms with E-state index < -0.39 is 35.9 Å². The van der Waals surface area contributed by atoms with E-state index >= 15 is 0 Å². The standard InChI is InChI=1S/C25H27FN6O9/c1-38-30-21(34)12-39-16-6-14-4-13(5-17(14)18(26)7-16)9-31(24(35)36)3-2-15-10-32(25(37)41-15)19-8-27-23-22(28-19)29-20(33)11-40-23/h6-8,13,15H,2-5,9-12H2,1H3,(H,30,34)(H,35,36)(H,28,29,33). The van der Waals surface area contributed by atoms with Gasteiger partial charge in [-0.25, -0.2) is 29.4 Å². The van der Waals surface area contributed by atoms with E-state index in [-0.39, 0.29) is 68.5 Å². The first-order chi connectivity index (χ1) is 19.7. The van der Waals surface area contributed by atoms with Crippen molar-refractivity contribution in [3.05, 3.63) is 35.3 Å². The minimum absolute atomic E-state index is 0.0825. The second-order valence-electron chi connectivity index (χ2n) is 9.69. The Kier molecular flexibility index (Phi) is 8.00. The van der Waals surface area contributed by atoms with Gasteiger partial charge in [0.2, 0.25) is 0 Å². The number of nitrogens with one attached hydrogen (secondary N) is 2. The molecule has 15 nitrogen and oxygen atoms in total. The van der Waals surface area contributed by atoms with Gasteiger partial charge in [-0.2, -0.15) is 0 Å². The largest absolute Gasteiger partial charge is 0.484 e. The van der Waals surface area contributed by atoms with Crippen molar-refractivity contribution in [1.29, 1.82) is 0 Å². The van der Waals surface area contributed by atoms with Gasteiger partial charge >= 0.3 is 12.2 Å². The Labute approximate surface area is 232 Å². The van der Waals surface area contributed by atoms with Gasteiger partial charge in [-0.3, -0.25) is 19.3 Å². The molecule has 5 rings (SSSR count). The van der Waals surface area contributed by atoms with Crippen LogP contribution in [0.5, 0.6) is 11.6 Å². The maximum Gasteiger partial charge on any atom is 0.415 e. The van der Waals surface area contributed by atoms with Crippen LogP contribution in [0.2, 0.25) is 0 Å². The summed E-state index contributed by atoms with van der Waals surface area (Å²) < 4.78 is 30.7. The zero-order valence-electron chi connectivity index (χ0n) is 21.9. The fourth-order valence-electron chi connectivity index (χ4n) is 4.98. The zero-order valence-corrected chi connectivity index (χ0v) is 21.9. The number of rotatable bonds is 10. The number of carbonyl (C=O) groups is 4. The molecule has 3 aliphatic rings. The molecule has 0 radical (unpaired) electrons. The van der Waals surface area contributed by atoms with Crippen molar-refractivity contribution in [3.63, 3.8) is 0 Å². The van der Waals surface area contributed by atoms with Crippen LogP contribution in [0.3, 0.4) is 0 Å². The molecule has 3 N–H and O–H groups in total. The van der Waals surface area contributed by atoms with Gasteiger partial charge in [0.15, 0.2) is 24.8 Å². The molecule has 2 unspecified atom stereocenters. The number of carboxylic acid groups (broad SMARTS) is 1. The van der Waals surface area contributed by atoms with Crippen LogP contribution in [-0.4, -0.2) is 90.0 Å². The highest BCUT2D eigenvalue weighted by Crippen LogP contribution is 2.33. The Morgan fingerprint density at radius 3 is 2.93 bits per heavy atom. The highest BCUT2D eigenvalue weighted by molar-refractivity contribution is 5.94. The van der Waals surface area contributed by atoms with Gasteiger partial charge in [0.05, 0.1) is 19.9 Å². The van der Waals surface area contributed by atoms with E-state index in [0.29, 0.717) is 24.0 Å². The molecule has 2 atom stereocenters. The first kappa shape index (κ1) is 27.8. The summed E-state index contributed by atoms with van der Waals surface area (Å²) in [5.74, 6) is -0.999. The maximum absolute atomic E-state index is 14.7. The van der Waals surface area contributed by atoms with Crippen LogP contribution in [0.15, 0.2) is 18.3 Å². The van der Waals surface area contributed by atoms with E-state index in [2.05, 4.69) is 25.6 Å². The van der Waals surface area contributed by atoms with E-state index in [4.69, 9.17) is 14.2 Å². The molecule has 4 amide bonds. The third-order valence-corrected chi connectivity index (χ3v) is 6.79. The van der Waals surface area contributed by atoms with Crippen molar-refractivity contribution in [2.75, 3.05) is 50.2 Å². The molecule has 41 heavy (non-hydrogen) atoms. The average molecular weight is 575 g/mol. The third kappa shape index (κ3) is 6.37. The van der Waals surface area contributed by atoms with Crippen LogP contribution < -0.4 is 25.2 Å². The Balaban J connectivity index is 1.15. The maximum atomic E-state index is 14.7. The molecule has 1 aromatic heterocycles. The van der Waals surface area contributed by atoms with Crippen LogP contribution in [0.4, 0.5) is 25.6 Å². The van der Waals surface area contributed by atoms with Crippen molar-refractivity contribution < 1.29 is 47.7 Å². The van der Waals surface area contributed by atoms with Gasteiger partial charge in [-0.05, 0) is 36.0 Å². The smallest absolute Gasteiger partial charge is 0.415 e. The second-order valence-corrected chi connectivity index (χ2v) is 9.69.